The van der Waals surface area contributed by atoms with Gasteiger partial charge in [-0.1, -0.05) is 16.8 Å². The topological polar surface area (TPSA) is 98.6 Å². The molecule has 0 saturated carbocycles. The van der Waals surface area contributed by atoms with E-state index in [0.717, 1.165) is 18.2 Å². The predicted molar refractivity (Wildman–Crippen MR) is 128 cm³/mol. The summed E-state index contributed by atoms with van der Waals surface area (Å²) < 4.78 is 40.7. The summed E-state index contributed by atoms with van der Waals surface area (Å²) in [5.41, 5.74) is 1.18. The molecule has 1 fully saturated rings. The molecule has 2 aromatic carbocycles. The Bertz CT molecular complexity index is 1300. The number of halogens is 3. The molecule has 0 aliphatic carbocycles. The molecule has 0 unspecified atom stereocenters. The Hall–Kier alpha value is -3.57. The van der Waals surface area contributed by atoms with Gasteiger partial charge in [0.15, 0.2) is 0 Å². The van der Waals surface area contributed by atoms with Gasteiger partial charge in [0.25, 0.3) is 5.91 Å². The number of nitrogens with zero attached hydrogens (tertiary/aromatic N) is 4. The number of carbonyl (C=O) groups excluding carboxylic acids is 2. The van der Waals surface area contributed by atoms with Gasteiger partial charge >= 0.3 is 0 Å². The summed E-state index contributed by atoms with van der Waals surface area (Å²) in [5, 5.41) is 11.5. The van der Waals surface area contributed by atoms with Crippen LogP contribution in [-0.2, 0) is 29.1 Å². The lowest BCUT2D eigenvalue weighted by molar-refractivity contribution is -0.130. The first kappa shape index (κ1) is 25.1. The second-order valence-electron chi connectivity index (χ2n) is 9.00. The number of ether oxygens (including phenoxy) is 2. The number of benzene rings is 2. The van der Waals surface area contributed by atoms with E-state index in [-0.39, 0.29) is 43.5 Å². The van der Waals surface area contributed by atoms with Gasteiger partial charge in [-0.25, -0.2) is 8.78 Å². The van der Waals surface area contributed by atoms with Crippen LogP contribution in [0.15, 0.2) is 42.6 Å². The number of fused-ring (bicyclic) bond motifs is 5. The van der Waals surface area contributed by atoms with Crippen LogP contribution in [0.4, 0.5) is 8.78 Å². The maximum absolute atomic E-state index is 13.6. The van der Waals surface area contributed by atoms with Crippen molar-refractivity contribution < 1.29 is 27.8 Å². The Morgan fingerprint density at radius 2 is 1.97 bits per heavy atom. The monoisotopic (exact) mass is 531 g/mol. The number of rotatable bonds is 2. The van der Waals surface area contributed by atoms with Gasteiger partial charge in [-0.05, 0) is 35.9 Å². The summed E-state index contributed by atoms with van der Waals surface area (Å²) in [6, 6.07) is 7.22. The molecule has 2 aliphatic heterocycles. The van der Waals surface area contributed by atoms with E-state index in [2.05, 4.69) is 15.6 Å². The second-order valence-corrected chi connectivity index (χ2v) is 9.41. The van der Waals surface area contributed by atoms with Crippen LogP contribution in [0.5, 0.6) is 5.75 Å². The molecule has 3 aromatic rings. The predicted octanol–water partition coefficient (Wildman–Crippen LogP) is 2.76. The Balaban J connectivity index is 1.36. The zero-order valence-electron chi connectivity index (χ0n) is 19.7. The quantitative estimate of drug-likeness (QED) is 0.546. The third kappa shape index (κ3) is 6.05. The van der Waals surface area contributed by atoms with Crippen molar-refractivity contribution in [1.29, 1.82) is 0 Å². The van der Waals surface area contributed by atoms with Crippen LogP contribution in [0.1, 0.15) is 28.0 Å². The van der Waals surface area contributed by atoms with Gasteiger partial charge in [0.1, 0.15) is 23.1 Å². The molecule has 9 nitrogen and oxygen atoms in total. The third-order valence-electron chi connectivity index (χ3n) is 6.23. The average molecular weight is 532 g/mol. The van der Waals surface area contributed by atoms with E-state index >= 15 is 0 Å². The van der Waals surface area contributed by atoms with E-state index in [0.29, 0.717) is 41.6 Å². The zero-order chi connectivity index (χ0) is 25.9. The Morgan fingerprint density at radius 3 is 2.78 bits per heavy atom. The molecule has 0 spiro atoms. The number of aryl methyl sites for hydroxylation is 1. The molecule has 4 bridgehead atoms. The fourth-order valence-electron chi connectivity index (χ4n) is 4.41. The number of hydrogen-bond donors (Lipinski definition) is 1. The van der Waals surface area contributed by atoms with Crippen LogP contribution in [0.25, 0.3) is 0 Å². The highest BCUT2D eigenvalue weighted by Crippen LogP contribution is 2.26. The molecule has 1 aromatic heterocycles. The van der Waals surface area contributed by atoms with E-state index in [1.807, 2.05) is 0 Å². The van der Waals surface area contributed by atoms with Gasteiger partial charge in [0, 0.05) is 37.7 Å². The summed E-state index contributed by atoms with van der Waals surface area (Å²) in [6.07, 6.45) is 1.68. The highest BCUT2D eigenvalue weighted by molar-refractivity contribution is 6.32. The maximum atomic E-state index is 13.6. The first-order valence-electron chi connectivity index (χ1n) is 11.8. The SMILES string of the molecule is O=C1N[C@H]2CN(C(=O)Cc3cc(F)cc(F)c3)C[C@@H]2OCc2cn(nn2)CCCOc2cc1ccc2Cl. The largest absolute Gasteiger partial charge is 0.492 e. The summed E-state index contributed by atoms with van der Waals surface area (Å²) in [6.45, 7) is 1.42. The zero-order valence-corrected chi connectivity index (χ0v) is 20.5. The summed E-state index contributed by atoms with van der Waals surface area (Å²) >= 11 is 6.25. The minimum absolute atomic E-state index is 0.135. The molecular weight excluding hydrogens is 508 g/mol. The molecule has 2 amide bonds. The van der Waals surface area contributed by atoms with Crippen LogP contribution in [-0.4, -0.2) is 63.6 Å². The minimum Gasteiger partial charge on any atom is -0.492 e. The summed E-state index contributed by atoms with van der Waals surface area (Å²) in [5.74, 6) is -1.83. The second kappa shape index (κ2) is 10.8. The van der Waals surface area contributed by atoms with Crippen molar-refractivity contribution in [3.63, 3.8) is 0 Å². The van der Waals surface area contributed by atoms with Crippen molar-refractivity contribution in [2.75, 3.05) is 19.7 Å². The summed E-state index contributed by atoms with van der Waals surface area (Å²) in [7, 11) is 0. The van der Waals surface area contributed by atoms with Gasteiger partial charge in [0.05, 0.1) is 43.0 Å². The van der Waals surface area contributed by atoms with Gasteiger partial charge < -0.3 is 19.7 Å². The molecule has 2 aliphatic rings. The molecule has 2 atom stereocenters. The van der Waals surface area contributed by atoms with Crippen molar-refractivity contribution in [3.05, 3.63) is 76.1 Å². The number of amides is 2. The highest BCUT2D eigenvalue weighted by atomic mass is 35.5. The average Bonchev–Trinajstić information content (AvgIpc) is 3.47. The van der Waals surface area contributed by atoms with Crippen molar-refractivity contribution >= 4 is 23.4 Å². The number of nitrogens with one attached hydrogen (secondary N) is 1. The van der Waals surface area contributed by atoms with E-state index in [4.69, 9.17) is 21.1 Å². The molecule has 1 saturated heterocycles. The van der Waals surface area contributed by atoms with Crippen LogP contribution in [0.2, 0.25) is 5.02 Å². The molecule has 37 heavy (non-hydrogen) atoms. The first-order valence-corrected chi connectivity index (χ1v) is 12.2. The molecule has 12 heteroatoms. The normalized spacial score (nSPS) is 20.2. The molecule has 5 rings (SSSR count). The van der Waals surface area contributed by atoms with Crippen LogP contribution in [0, 0.1) is 11.6 Å². The van der Waals surface area contributed by atoms with Crippen molar-refractivity contribution in [1.82, 2.24) is 25.2 Å². The first-order chi connectivity index (χ1) is 17.8. The van der Waals surface area contributed by atoms with E-state index < -0.39 is 23.8 Å². The van der Waals surface area contributed by atoms with Crippen molar-refractivity contribution in [2.45, 2.75) is 38.1 Å². The number of hydrogen-bond acceptors (Lipinski definition) is 6. The van der Waals surface area contributed by atoms with Gasteiger partial charge in [0.2, 0.25) is 5.91 Å². The lowest BCUT2D eigenvalue weighted by Crippen LogP contribution is -2.44. The minimum atomic E-state index is -0.751. The standard InChI is InChI=1S/C25H24ClF2N5O4/c26-20-3-2-16-9-22(20)36-5-1-4-33-11-19(30-31-33)14-37-23-13-32(12-21(23)29-25(16)35)24(34)8-15-6-17(27)10-18(28)7-15/h2-3,6-7,9-11,21,23H,1,4-5,8,12-14H2,(H,29,35)/t21-,23-/m0/s1. The Kier molecular flexibility index (Phi) is 7.33. The number of aromatic nitrogens is 3. The molecule has 0 radical (unpaired) electrons. The third-order valence-corrected chi connectivity index (χ3v) is 6.54. The Morgan fingerprint density at radius 1 is 1.16 bits per heavy atom. The molecular formula is C25H24ClF2N5O4. The van der Waals surface area contributed by atoms with Gasteiger partial charge in [-0.2, -0.15) is 0 Å². The fraction of sp³-hybridized carbons (Fsp3) is 0.360. The van der Waals surface area contributed by atoms with Crippen molar-refractivity contribution in [3.8, 4) is 5.75 Å². The number of carbonyl (C=O) groups is 2. The van der Waals surface area contributed by atoms with E-state index in [9.17, 15) is 18.4 Å². The van der Waals surface area contributed by atoms with Crippen LogP contribution >= 0.6 is 11.6 Å². The summed E-state index contributed by atoms with van der Waals surface area (Å²) in [4.78, 5) is 27.6. The van der Waals surface area contributed by atoms with Crippen LogP contribution in [0.3, 0.4) is 0 Å². The van der Waals surface area contributed by atoms with Crippen molar-refractivity contribution in [2.24, 2.45) is 0 Å². The molecule has 194 valence electrons. The highest BCUT2D eigenvalue weighted by Gasteiger charge is 2.37. The molecule has 1 N–H and O–H groups in total. The lowest BCUT2D eigenvalue weighted by atomic mass is 10.1. The smallest absolute Gasteiger partial charge is 0.251 e. The number of likely N-dealkylation sites (tertiary alicyclic amines) is 1. The van der Waals surface area contributed by atoms with Gasteiger partial charge in [-0.15, -0.1) is 5.10 Å². The van der Waals surface area contributed by atoms with Crippen LogP contribution < -0.4 is 10.1 Å². The van der Waals surface area contributed by atoms with E-state index in [1.54, 1.807) is 29.1 Å². The lowest BCUT2D eigenvalue weighted by Gasteiger charge is -2.20. The molecule has 3 heterocycles. The van der Waals surface area contributed by atoms with E-state index in [1.165, 1.54) is 4.90 Å². The Labute approximate surface area is 216 Å². The fourth-order valence-corrected chi connectivity index (χ4v) is 4.58. The van der Waals surface area contributed by atoms with Gasteiger partial charge in [-0.3, -0.25) is 14.3 Å². The maximum Gasteiger partial charge on any atom is 0.251 e.